The standard InChI is InChI=1S/C20H26N4O2S/c1-14-15(2)21-20(22-16(14)3)27-13-19(25)24-11-9-23(10-12-24)17-5-7-18(26-4)8-6-17/h5-8H,9-13H2,1-4H3. The van der Waals surface area contributed by atoms with Crippen molar-refractivity contribution in [2.24, 2.45) is 0 Å². The highest BCUT2D eigenvalue weighted by Gasteiger charge is 2.21. The zero-order chi connectivity index (χ0) is 19.4. The van der Waals surface area contributed by atoms with Crippen LogP contribution in [0.2, 0.25) is 0 Å². The largest absolute Gasteiger partial charge is 0.497 e. The lowest BCUT2D eigenvalue weighted by atomic mass is 10.2. The molecule has 2 aromatic rings. The monoisotopic (exact) mass is 386 g/mol. The normalized spacial score (nSPS) is 14.4. The van der Waals surface area contributed by atoms with E-state index in [0.29, 0.717) is 10.9 Å². The van der Waals surface area contributed by atoms with E-state index in [1.165, 1.54) is 11.8 Å². The molecule has 2 heterocycles. The molecule has 1 amide bonds. The van der Waals surface area contributed by atoms with Crippen molar-refractivity contribution >= 4 is 23.4 Å². The smallest absolute Gasteiger partial charge is 0.233 e. The second-order valence-electron chi connectivity index (χ2n) is 6.66. The molecule has 0 bridgehead atoms. The van der Waals surface area contributed by atoms with Crippen LogP contribution in [0.5, 0.6) is 5.75 Å². The number of carbonyl (C=O) groups excluding carboxylic acids is 1. The number of anilines is 1. The number of rotatable bonds is 5. The van der Waals surface area contributed by atoms with Gasteiger partial charge in [0.15, 0.2) is 5.16 Å². The average molecular weight is 387 g/mol. The topological polar surface area (TPSA) is 58.6 Å². The van der Waals surface area contributed by atoms with Gasteiger partial charge < -0.3 is 14.5 Å². The molecule has 0 N–H and O–H groups in total. The number of benzene rings is 1. The summed E-state index contributed by atoms with van der Waals surface area (Å²) in [4.78, 5) is 25.7. The molecule has 3 rings (SSSR count). The molecule has 0 atom stereocenters. The lowest BCUT2D eigenvalue weighted by Gasteiger charge is -2.36. The molecule has 7 heteroatoms. The number of aromatic nitrogens is 2. The Morgan fingerprint density at radius 3 is 2.19 bits per heavy atom. The van der Waals surface area contributed by atoms with Gasteiger partial charge in [0.1, 0.15) is 5.75 Å². The van der Waals surface area contributed by atoms with Crippen LogP contribution in [0.25, 0.3) is 0 Å². The van der Waals surface area contributed by atoms with Gasteiger partial charge in [-0.05, 0) is 50.6 Å². The fourth-order valence-electron chi connectivity index (χ4n) is 3.03. The van der Waals surface area contributed by atoms with Gasteiger partial charge in [-0.3, -0.25) is 4.79 Å². The van der Waals surface area contributed by atoms with Gasteiger partial charge in [0.05, 0.1) is 12.9 Å². The Bertz CT molecular complexity index is 779. The summed E-state index contributed by atoms with van der Waals surface area (Å²) in [7, 11) is 1.67. The fourth-order valence-corrected chi connectivity index (χ4v) is 3.87. The van der Waals surface area contributed by atoms with Crippen LogP contribution in [0.4, 0.5) is 5.69 Å². The number of hydrogen-bond donors (Lipinski definition) is 0. The van der Waals surface area contributed by atoms with Crippen molar-refractivity contribution in [1.82, 2.24) is 14.9 Å². The number of piperazine rings is 1. The number of ether oxygens (including phenoxy) is 1. The lowest BCUT2D eigenvalue weighted by Crippen LogP contribution is -2.49. The molecule has 6 nitrogen and oxygen atoms in total. The zero-order valence-electron chi connectivity index (χ0n) is 16.4. The van der Waals surface area contributed by atoms with E-state index in [1.54, 1.807) is 7.11 Å². The molecule has 0 unspecified atom stereocenters. The number of amides is 1. The highest BCUT2D eigenvalue weighted by atomic mass is 32.2. The van der Waals surface area contributed by atoms with Gasteiger partial charge in [0, 0.05) is 43.3 Å². The number of aryl methyl sites for hydroxylation is 2. The van der Waals surface area contributed by atoms with E-state index in [9.17, 15) is 4.79 Å². The third kappa shape index (κ3) is 4.71. The first kappa shape index (κ1) is 19.5. The van der Waals surface area contributed by atoms with Crippen molar-refractivity contribution in [3.8, 4) is 5.75 Å². The molecule has 0 radical (unpaired) electrons. The summed E-state index contributed by atoms with van der Waals surface area (Å²) < 4.78 is 5.21. The molecule has 1 aromatic carbocycles. The molecular formula is C20H26N4O2S. The van der Waals surface area contributed by atoms with Gasteiger partial charge in [-0.2, -0.15) is 0 Å². The van der Waals surface area contributed by atoms with E-state index in [4.69, 9.17) is 4.74 Å². The Kier molecular flexibility index (Phi) is 6.21. The Balaban J connectivity index is 1.51. The molecule has 1 aromatic heterocycles. The minimum atomic E-state index is 0.147. The van der Waals surface area contributed by atoms with Crippen molar-refractivity contribution in [2.75, 3.05) is 43.9 Å². The van der Waals surface area contributed by atoms with E-state index in [-0.39, 0.29) is 5.91 Å². The third-order valence-corrected chi connectivity index (χ3v) is 5.84. The van der Waals surface area contributed by atoms with Crippen LogP contribution in [0, 0.1) is 20.8 Å². The summed E-state index contributed by atoms with van der Waals surface area (Å²) in [6.45, 7) is 9.12. The molecule has 0 spiro atoms. The Morgan fingerprint density at radius 2 is 1.63 bits per heavy atom. The first-order valence-corrected chi connectivity index (χ1v) is 10.1. The molecule has 0 saturated carbocycles. The predicted octanol–water partition coefficient (Wildman–Crippen LogP) is 2.85. The Morgan fingerprint density at radius 1 is 1.04 bits per heavy atom. The number of nitrogens with zero attached hydrogens (tertiary/aromatic N) is 4. The van der Waals surface area contributed by atoms with Crippen molar-refractivity contribution < 1.29 is 9.53 Å². The third-order valence-electron chi connectivity index (χ3n) is 5.01. The minimum absolute atomic E-state index is 0.147. The highest BCUT2D eigenvalue weighted by molar-refractivity contribution is 7.99. The molecule has 1 aliphatic rings. The maximum absolute atomic E-state index is 12.5. The first-order valence-electron chi connectivity index (χ1n) is 9.09. The maximum Gasteiger partial charge on any atom is 0.233 e. The number of carbonyl (C=O) groups is 1. The van der Waals surface area contributed by atoms with E-state index >= 15 is 0 Å². The molecule has 1 aliphatic heterocycles. The summed E-state index contributed by atoms with van der Waals surface area (Å²) in [6, 6.07) is 8.06. The van der Waals surface area contributed by atoms with Gasteiger partial charge in [0.2, 0.25) is 5.91 Å². The van der Waals surface area contributed by atoms with E-state index in [1.807, 2.05) is 37.8 Å². The summed E-state index contributed by atoms with van der Waals surface area (Å²) in [5, 5.41) is 0.681. The van der Waals surface area contributed by atoms with Crippen molar-refractivity contribution in [3.63, 3.8) is 0 Å². The van der Waals surface area contributed by atoms with Crippen LogP contribution in [-0.2, 0) is 4.79 Å². The summed E-state index contributed by atoms with van der Waals surface area (Å²) in [5.74, 6) is 1.38. The van der Waals surface area contributed by atoms with Crippen molar-refractivity contribution in [2.45, 2.75) is 25.9 Å². The average Bonchev–Trinajstić information content (AvgIpc) is 2.70. The van der Waals surface area contributed by atoms with Crippen LogP contribution in [0.3, 0.4) is 0 Å². The predicted molar refractivity (Wildman–Crippen MR) is 109 cm³/mol. The minimum Gasteiger partial charge on any atom is -0.497 e. The summed E-state index contributed by atoms with van der Waals surface area (Å²) >= 11 is 1.42. The van der Waals surface area contributed by atoms with Crippen molar-refractivity contribution in [3.05, 3.63) is 41.2 Å². The number of methoxy groups -OCH3 is 1. The number of thioether (sulfide) groups is 1. The molecular weight excluding hydrogens is 360 g/mol. The van der Waals surface area contributed by atoms with E-state index in [0.717, 1.165) is 54.6 Å². The highest BCUT2D eigenvalue weighted by Crippen LogP contribution is 2.21. The fraction of sp³-hybridized carbons (Fsp3) is 0.450. The van der Waals surface area contributed by atoms with Crippen LogP contribution in [0.15, 0.2) is 29.4 Å². The van der Waals surface area contributed by atoms with Gasteiger partial charge >= 0.3 is 0 Å². The number of hydrogen-bond acceptors (Lipinski definition) is 6. The maximum atomic E-state index is 12.5. The second-order valence-corrected chi connectivity index (χ2v) is 7.60. The SMILES string of the molecule is COc1ccc(N2CCN(C(=O)CSc3nc(C)c(C)c(C)n3)CC2)cc1. The van der Waals surface area contributed by atoms with E-state index < -0.39 is 0 Å². The lowest BCUT2D eigenvalue weighted by molar-refractivity contribution is -0.128. The molecule has 144 valence electrons. The van der Waals surface area contributed by atoms with Crippen LogP contribution < -0.4 is 9.64 Å². The van der Waals surface area contributed by atoms with E-state index in [2.05, 4.69) is 27.0 Å². The summed E-state index contributed by atoms with van der Waals surface area (Å²) in [5.41, 5.74) is 4.23. The second kappa shape index (κ2) is 8.61. The molecule has 1 fully saturated rings. The van der Waals surface area contributed by atoms with Crippen LogP contribution in [-0.4, -0.2) is 59.8 Å². The van der Waals surface area contributed by atoms with Crippen LogP contribution in [0.1, 0.15) is 17.0 Å². The van der Waals surface area contributed by atoms with Gasteiger partial charge in [-0.15, -0.1) is 0 Å². The van der Waals surface area contributed by atoms with Crippen molar-refractivity contribution in [1.29, 1.82) is 0 Å². The first-order chi connectivity index (χ1) is 13.0. The van der Waals surface area contributed by atoms with Gasteiger partial charge in [0.25, 0.3) is 0 Å². The quantitative estimate of drug-likeness (QED) is 0.582. The van der Waals surface area contributed by atoms with Gasteiger partial charge in [-0.25, -0.2) is 9.97 Å². The Labute approximate surface area is 164 Å². The molecule has 1 saturated heterocycles. The molecule has 0 aliphatic carbocycles. The Hall–Kier alpha value is -2.28. The zero-order valence-corrected chi connectivity index (χ0v) is 17.2. The van der Waals surface area contributed by atoms with Crippen LogP contribution >= 0.6 is 11.8 Å². The molecule has 27 heavy (non-hydrogen) atoms. The van der Waals surface area contributed by atoms with Gasteiger partial charge in [-0.1, -0.05) is 11.8 Å². The summed E-state index contributed by atoms with van der Waals surface area (Å²) in [6.07, 6.45) is 0.